The van der Waals surface area contributed by atoms with E-state index >= 15 is 0 Å². The van der Waals surface area contributed by atoms with Crippen LogP contribution in [0.1, 0.15) is 38.8 Å². The Morgan fingerprint density at radius 1 is 0.744 bits per heavy atom. The summed E-state index contributed by atoms with van der Waals surface area (Å²) in [5.41, 5.74) is 2.07. The number of benzene rings is 2. The van der Waals surface area contributed by atoms with E-state index in [2.05, 4.69) is 0 Å². The molecule has 0 spiro atoms. The van der Waals surface area contributed by atoms with Crippen LogP contribution in [0.25, 0.3) is 12.2 Å². The van der Waals surface area contributed by atoms with Crippen LogP contribution in [0.15, 0.2) is 85.0 Å². The minimum atomic E-state index is -0.949. The van der Waals surface area contributed by atoms with Crippen molar-refractivity contribution in [3.8, 4) is 11.5 Å². The average Bonchev–Trinajstić information content (AvgIpc) is 2.91. The number of hydrogen-bond donors (Lipinski definition) is 1. The Hall–Kier alpha value is -4.10. The first kappa shape index (κ1) is 31.1. The molecule has 0 aliphatic carbocycles. The molecule has 208 valence electrons. The molecule has 7 heteroatoms. The number of amides is 1. The largest absolute Gasteiger partial charge is 0.491 e. The molecule has 1 aliphatic rings. The molecule has 0 radical (unpaired) electrons. The van der Waals surface area contributed by atoms with Gasteiger partial charge in [-0.25, -0.2) is 4.79 Å². The fraction of sp³-hybridized carbons (Fsp3) is 0.312. The lowest BCUT2D eigenvalue weighted by Gasteiger charge is -2.25. The number of nitrogens with zero attached hydrogens (tertiary/aromatic N) is 1. The molecule has 2 aromatic rings. The van der Waals surface area contributed by atoms with E-state index in [0.29, 0.717) is 26.3 Å². The Labute approximate surface area is 231 Å². The van der Waals surface area contributed by atoms with Crippen molar-refractivity contribution in [2.75, 3.05) is 26.3 Å². The molecule has 1 saturated heterocycles. The second-order valence-corrected chi connectivity index (χ2v) is 9.18. The lowest BCUT2D eigenvalue weighted by atomic mass is 10.2. The fourth-order valence-electron chi connectivity index (χ4n) is 3.36. The molecule has 0 unspecified atom stereocenters. The zero-order valence-corrected chi connectivity index (χ0v) is 23.2. The first-order valence-electron chi connectivity index (χ1n) is 13.1. The van der Waals surface area contributed by atoms with Gasteiger partial charge in [0.15, 0.2) is 0 Å². The first-order valence-corrected chi connectivity index (χ1v) is 13.1. The van der Waals surface area contributed by atoms with Gasteiger partial charge in [0.1, 0.15) is 11.5 Å². The summed E-state index contributed by atoms with van der Waals surface area (Å²) in [7, 11) is 0. The normalized spacial score (nSPS) is 13.9. The number of ether oxygens (including phenoxy) is 3. The monoisotopic (exact) mass is 533 g/mol. The molecule has 0 saturated carbocycles. The van der Waals surface area contributed by atoms with Crippen LogP contribution in [0.3, 0.4) is 0 Å². The minimum absolute atomic E-state index is 0.0358. The number of morpholine rings is 1. The van der Waals surface area contributed by atoms with Gasteiger partial charge in [-0.05, 0) is 63.1 Å². The summed E-state index contributed by atoms with van der Waals surface area (Å²) in [6, 6.07) is 15.5. The number of rotatable bonds is 10. The molecule has 2 aromatic carbocycles. The van der Waals surface area contributed by atoms with Gasteiger partial charge in [-0.1, -0.05) is 60.7 Å². The number of carboxylic acids is 1. The van der Waals surface area contributed by atoms with Gasteiger partial charge in [0.2, 0.25) is 5.91 Å². The number of allylic oxidation sites excluding steroid dienone is 4. The molecule has 0 bridgehead atoms. The number of carbonyl (C=O) groups excluding carboxylic acids is 1. The third kappa shape index (κ3) is 13.9. The summed E-state index contributed by atoms with van der Waals surface area (Å²) in [5.74, 6) is 0.785. The standard InChI is InChI=1S/C18H23NO3.C14H16O3/c1-15(2)22-17-9-7-16(8-10-17)5-3-4-6-18(20)19-11-13-21-14-12-19;1-11(2)17-13-9-7-12(8-10-13)5-3-4-6-14(15)16/h3-10,15H,11-14H2,1-2H3;3-11H,1-2H3,(H,15,16)/b2*5-3+,6-4+. The number of carbonyl (C=O) groups is 2. The van der Waals surface area contributed by atoms with Crippen molar-refractivity contribution in [3.05, 3.63) is 96.1 Å². The molecular formula is C32H39NO6. The van der Waals surface area contributed by atoms with Gasteiger partial charge in [0.25, 0.3) is 0 Å². The highest BCUT2D eigenvalue weighted by atomic mass is 16.5. The summed E-state index contributed by atoms with van der Waals surface area (Å²) in [6.45, 7) is 10.6. The SMILES string of the molecule is CC(C)Oc1ccc(/C=C/C=C/C(=O)N2CCOCC2)cc1.CC(C)Oc1ccc(/C=C/C=C/C(=O)O)cc1. The van der Waals surface area contributed by atoms with Crippen LogP contribution in [-0.2, 0) is 14.3 Å². The average molecular weight is 534 g/mol. The minimum Gasteiger partial charge on any atom is -0.491 e. The maximum absolute atomic E-state index is 11.9. The smallest absolute Gasteiger partial charge is 0.328 e. The highest BCUT2D eigenvalue weighted by Crippen LogP contribution is 2.15. The summed E-state index contributed by atoms with van der Waals surface area (Å²) >= 11 is 0. The summed E-state index contributed by atoms with van der Waals surface area (Å²) in [4.78, 5) is 23.9. The van der Waals surface area contributed by atoms with Gasteiger partial charge in [0.05, 0.1) is 25.4 Å². The second kappa shape index (κ2) is 17.4. The lowest BCUT2D eigenvalue weighted by molar-refractivity contribution is -0.131. The Bertz CT molecular complexity index is 1120. The van der Waals surface area contributed by atoms with E-state index in [4.69, 9.17) is 19.3 Å². The van der Waals surface area contributed by atoms with Crippen LogP contribution < -0.4 is 9.47 Å². The van der Waals surface area contributed by atoms with E-state index in [1.54, 1.807) is 23.1 Å². The number of carboxylic acid groups (broad SMARTS) is 1. The maximum Gasteiger partial charge on any atom is 0.328 e. The van der Waals surface area contributed by atoms with Crippen molar-refractivity contribution in [3.63, 3.8) is 0 Å². The van der Waals surface area contributed by atoms with Crippen molar-refractivity contribution >= 4 is 24.0 Å². The Balaban J connectivity index is 0.000000283. The van der Waals surface area contributed by atoms with Crippen LogP contribution in [0.4, 0.5) is 0 Å². The molecule has 0 atom stereocenters. The van der Waals surface area contributed by atoms with E-state index in [-0.39, 0.29) is 18.1 Å². The van der Waals surface area contributed by atoms with Gasteiger partial charge in [-0.3, -0.25) is 4.79 Å². The van der Waals surface area contributed by atoms with Crippen molar-refractivity contribution in [1.82, 2.24) is 4.90 Å². The molecule has 7 nitrogen and oxygen atoms in total. The lowest BCUT2D eigenvalue weighted by Crippen LogP contribution is -2.39. The van der Waals surface area contributed by atoms with E-state index in [1.165, 1.54) is 6.08 Å². The number of aliphatic carboxylic acids is 1. The zero-order chi connectivity index (χ0) is 28.5. The van der Waals surface area contributed by atoms with Gasteiger partial charge < -0.3 is 24.2 Å². The molecular weight excluding hydrogens is 494 g/mol. The molecule has 39 heavy (non-hydrogen) atoms. The predicted octanol–water partition coefficient (Wildman–Crippen LogP) is 6.03. The van der Waals surface area contributed by atoms with E-state index in [0.717, 1.165) is 28.7 Å². The Morgan fingerprint density at radius 3 is 1.59 bits per heavy atom. The fourth-order valence-corrected chi connectivity index (χ4v) is 3.36. The van der Waals surface area contributed by atoms with E-state index in [1.807, 2.05) is 94.5 Å². The Morgan fingerprint density at radius 2 is 1.18 bits per heavy atom. The van der Waals surface area contributed by atoms with Crippen LogP contribution in [-0.4, -0.2) is 60.4 Å². The van der Waals surface area contributed by atoms with Crippen molar-refractivity contribution < 1.29 is 28.9 Å². The van der Waals surface area contributed by atoms with Crippen LogP contribution in [0.5, 0.6) is 11.5 Å². The maximum atomic E-state index is 11.9. The van der Waals surface area contributed by atoms with Crippen molar-refractivity contribution in [2.24, 2.45) is 0 Å². The van der Waals surface area contributed by atoms with Crippen LogP contribution in [0, 0.1) is 0 Å². The van der Waals surface area contributed by atoms with Gasteiger partial charge in [-0.15, -0.1) is 0 Å². The Kier molecular flexibility index (Phi) is 13.9. The summed E-state index contributed by atoms with van der Waals surface area (Å²) in [6.07, 6.45) is 13.6. The molecule has 1 aliphatic heterocycles. The summed E-state index contributed by atoms with van der Waals surface area (Å²) in [5, 5.41) is 8.39. The zero-order valence-electron chi connectivity index (χ0n) is 23.2. The van der Waals surface area contributed by atoms with Crippen molar-refractivity contribution in [1.29, 1.82) is 0 Å². The number of hydrogen-bond acceptors (Lipinski definition) is 5. The molecule has 0 aromatic heterocycles. The van der Waals surface area contributed by atoms with Crippen LogP contribution >= 0.6 is 0 Å². The first-order chi connectivity index (χ1) is 18.7. The molecule has 1 N–H and O–H groups in total. The van der Waals surface area contributed by atoms with E-state index in [9.17, 15) is 9.59 Å². The third-order valence-corrected chi connectivity index (χ3v) is 5.10. The molecule has 3 rings (SSSR count). The van der Waals surface area contributed by atoms with Crippen LogP contribution in [0.2, 0.25) is 0 Å². The van der Waals surface area contributed by atoms with Gasteiger partial charge in [0, 0.05) is 25.2 Å². The summed E-state index contributed by atoms with van der Waals surface area (Å²) < 4.78 is 16.3. The quantitative estimate of drug-likeness (QED) is 0.297. The third-order valence-electron chi connectivity index (χ3n) is 5.10. The highest BCUT2D eigenvalue weighted by Gasteiger charge is 2.13. The van der Waals surface area contributed by atoms with Crippen molar-refractivity contribution in [2.45, 2.75) is 39.9 Å². The van der Waals surface area contributed by atoms with Gasteiger partial charge >= 0.3 is 5.97 Å². The topological polar surface area (TPSA) is 85.3 Å². The molecule has 1 heterocycles. The highest BCUT2D eigenvalue weighted by molar-refractivity contribution is 5.88. The van der Waals surface area contributed by atoms with Gasteiger partial charge in [-0.2, -0.15) is 0 Å². The predicted molar refractivity (Wildman–Crippen MR) is 156 cm³/mol. The second-order valence-electron chi connectivity index (χ2n) is 9.18. The molecule has 1 fully saturated rings. The van der Waals surface area contributed by atoms with E-state index < -0.39 is 5.97 Å². The molecule has 1 amide bonds.